The fourth-order valence-corrected chi connectivity index (χ4v) is 6.47. The maximum absolute atomic E-state index is 13.3. The Bertz CT molecular complexity index is 1410. The highest BCUT2D eigenvalue weighted by Gasteiger charge is 2.25. The van der Waals surface area contributed by atoms with E-state index >= 15 is 0 Å². The number of methoxy groups -OCH3 is 1. The number of nitrogens with two attached hydrogens (primary N) is 1. The first-order chi connectivity index (χ1) is 16.5. The van der Waals surface area contributed by atoms with Crippen LogP contribution >= 0.6 is 38.6 Å². The number of anilines is 2. The first-order valence-electron chi connectivity index (χ1n) is 10.9. The Kier molecular flexibility index (Phi) is 6.42. The Labute approximate surface area is 213 Å². The average molecular weight is 557 g/mol. The van der Waals surface area contributed by atoms with Gasteiger partial charge < -0.3 is 15.8 Å². The molecule has 0 saturated carbocycles. The van der Waals surface area contributed by atoms with Crippen LogP contribution in [0.25, 0.3) is 21.3 Å². The molecule has 5 rings (SSSR count). The number of nitrogen functional groups attached to an aromatic ring is 1. The lowest BCUT2D eigenvalue weighted by atomic mass is 10.0. The van der Waals surface area contributed by atoms with Gasteiger partial charge in [-0.15, -0.1) is 22.7 Å². The normalized spacial score (nSPS) is 13.4. The Morgan fingerprint density at radius 3 is 2.68 bits per heavy atom. The molecule has 1 amide bonds. The van der Waals surface area contributed by atoms with Gasteiger partial charge in [0.05, 0.1) is 12.8 Å². The van der Waals surface area contributed by atoms with E-state index in [-0.39, 0.29) is 5.91 Å². The molecule has 0 unspecified atom stereocenters. The molecule has 34 heavy (non-hydrogen) atoms. The number of nitrogens with zero attached hydrogens (tertiary/aromatic N) is 1. The van der Waals surface area contributed by atoms with Crippen LogP contribution in [0.15, 0.2) is 40.2 Å². The highest BCUT2D eigenvalue weighted by Crippen LogP contribution is 2.39. The van der Waals surface area contributed by atoms with Crippen LogP contribution in [0.5, 0.6) is 0 Å². The van der Waals surface area contributed by atoms with E-state index in [2.05, 4.69) is 27.3 Å². The molecule has 6 nitrogen and oxygen atoms in total. The lowest BCUT2D eigenvalue weighted by Crippen LogP contribution is -2.14. The van der Waals surface area contributed by atoms with Crippen molar-refractivity contribution in [1.29, 1.82) is 0 Å². The lowest BCUT2D eigenvalue weighted by molar-refractivity contribution is 0.0603. The summed E-state index contributed by atoms with van der Waals surface area (Å²) in [4.78, 5) is 31.9. The fourth-order valence-electron chi connectivity index (χ4n) is 4.26. The van der Waals surface area contributed by atoms with E-state index in [9.17, 15) is 9.59 Å². The summed E-state index contributed by atoms with van der Waals surface area (Å²) in [6, 6.07) is 9.72. The van der Waals surface area contributed by atoms with Gasteiger partial charge in [-0.05, 0) is 55.0 Å². The minimum atomic E-state index is -0.510. The van der Waals surface area contributed by atoms with Gasteiger partial charge in [0.1, 0.15) is 20.3 Å². The van der Waals surface area contributed by atoms with Crippen molar-refractivity contribution in [2.24, 2.45) is 0 Å². The van der Waals surface area contributed by atoms with Gasteiger partial charge >= 0.3 is 5.97 Å². The van der Waals surface area contributed by atoms with Crippen LogP contribution in [0.1, 0.15) is 50.5 Å². The third kappa shape index (κ3) is 4.23. The van der Waals surface area contributed by atoms with Crippen LogP contribution in [0.4, 0.5) is 10.7 Å². The SMILES string of the molecule is COC(=O)c1c(-c2ccc(Br)cc2)csc1NC(=O)c1sc2nc3c(cc2c1N)CCCCC3. The average Bonchev–Trinajstić information content (AvgIpc) is 3.30. The van der Waals surface area contributed by atoms with Crippen molar-refractivity contribution in [1.82, 2.24) is 4.98 Å². The van der Waals surface area contributed by atoms with Gasteiger partial charge in [-0.2, -0.15) is 0 Å². The zero-order valence-corrected chi connectivity index (χ0v) is 21.7. The predicted octanol–water partition coefficient (Wildman–Crippen LogP) is 6.68. The molecule has 0 radical (unpaired) electrons. The molecular weight excluding hydrogens is 534 g/mol. The first kappa shape index (κ1) is 23.0. The number of benzene rings is 1. The molecule has 174 valence electrons. The van der Waals surface area contributed by atoms with Gasteiger partial charge in [0.15, 0.2) is 0 Å². The number of thiophene rings is 2. The summed E-state index contributed by atoms with van der Waals surface area (Å²) in [7, 11) is 1.33. The standard InChI is InChI=1S/C25H22BrN3O3S2/c1-32-25(31)19-17(13-7-9-15(26)10-8-13)12-33-24(19)29-22(30)21-20(27)16-11-14-5-3-2-4-6-18(14)28-23(16)34-21/h7-12H,2-6,27H2,1H3,(H,29,30). The number of rotatable bonds is 4. The van der Waals surface area contributed by atoms with E-state index in [0.717, 1.165) is 51.6 Å². The van der Waals surface area contributed by atoms with E-state index in [4.69, 9.17) is 15.5 Å². The summed E-state index contributed by atoms with van der Waals surface area (Å²) in [6.07, 6.45) is 5.44. The number of carbonyl (C=O) groups excluding carboxylic acids is 2. The summed E-state index contributed by atoms with van der Waals surface area (Å²) in [5.41, 5.74) is 11.1. The van der Waals surface area contributed by atoms with Gasteiger partial charge in [0.25, 0.3) is 5.91 Å². The highest BCUT2D eigenvalue weighted by atomic mass is 79.9. The molecule has 0 saturated heterocycles. The van der Waals surface area contributed by atoms with Crippen LogP contribution in [0.3, 0.4) is 0 Å². The second-order valence-electron chi connectivity index (χ2n) is 8.16. The number of nitrogens with one attached hydrogen (secondary N) is 1. The van der Waals surface area contributed by atoms with Crippen LogP contribution in [-0.2, 0) is 17.6 Å². The van der Waals surface area contributed by atoms with E-state index < -0.39 is 5.97 Å². The number of esters is 1. The van der Waals surface area contributed by atoms with E-state index in [1.54, 1.807) is 0 Å². The van der Waals surface area contributed by atoms with Crippen molar-refractivity contribution in [2.45, 2.75) is 32.1 Å². The van der Waals surface area contributed by atoms with Crippen molar-refractivity contribution in [3.63, 3.8) is 0 Å². The number of ether oxygens (including phenoxy) is 1. The third-order valence-electron chi connectivity index (χ3n) is 6.02. The number of hydrogen-bond donors (Lipinski definition) is 2. The number of fused-ring (bicyclic) bond motifs is 2. The molecule has 1 aliphatic carbocycles. The van der Waals surface area contributed by atoms with E-state index in [0.29, 0.717) is 26.7 Å². The lowest BCUT2D eigenvalue weighted by Gasteiger charge is -2.08. The van der Waals surface area contributed by atoms with E-state index in [1.807, 2.05) is 29.6 Å². The van der Waals surface area contributed by atoms with Gasteiger partial charge in [-0.3, -0.25) is 4.79 Å². The predicted molar refractivity (Wildman–Crippen MR) is 142 cm³/mol. The van der Waals surface area contributed by atoms with E-state index in [1.165, 1.54) is 41.8 Å². The first-order valence-corrected chi connectivity index (χ1v) is 13.4. The molecule has 4 aromatic rings. The molecule has 0 aliphatic heterocycles. The minimum Gasteiger partial charge on any atom is -0.465 e. The zero-order valence-electron chi connectivity index (χ0n) is 18.4. The number of hydrogen-bond acceptors (Lipinski definition) is 7. The quantitative estimate of drug-likeness (QED) is 0.216. The summed E-state index contributed by atoms with van der Waals surface area (Å²) in [6.45, 7) is 0. The molecule has 0 fully saturated rings. The largest absolute Gasteiger partial charge is 0.465 e. The summed E-state index contributed by atoms with van der Waals surface area (Å²) >= 11 is 6.00. The molecule has 9 heteroatoms. The summed E-state index contributed by atoms with van der Waals surface area (Å²) < 4.78 is 5.96. The summed E-state index contributed by atoms with van der Waals surface area (Å²) in [5.74, 6) is -0.866. The van der Waals surface area contributed by atoms with Crippen LogP contribution in [0.2, 0.25) is 0 Å². The minimum absolute atomic E-state index is 0.327. The molecule has 0 atom stereocenters. The monoisotopic (exact) mass is 555 g/mol. The third-order valence-corrected chi connectivity index (χ3v) is 8.56. The van der Waals surface area contributed by atoms with Crippen molar-refractivity contribution in [2.75, 3.05) is 18.2 Å². The van der Waals surface area contributed by atoms with Crippen molar-refractivity contribution < 1.29 is 14.3 Å². The van der Waals surface area contributed by atoms with Gasteiger partial charge in [0.2, 0.25) is 0 Å². The molecule has 3 aromatic heterocycles. The number of carbonyl (C=O) groups is 2. The maximum Gasteiger partial charge on any atom is 0.341 e. The number of halogens is 1. The highest BCUT2D eigenvalue weighted by molar-refractivity contribution is 9.10. The molecule has 3 heterocycles. The van der Waals surface area contributed by atoms with Gasteiger partial charge in [0, 0.05) is 26.5 Å². The van der Waals surface area contributed by atoms with Gasteiger partial charge in [-0.25, -0.2) is 9.78 Å². The Morgan fingerprint density at radius 1 is 1.15 bits per heavy atom. The van der Waals surface area contributed by atoms with Crippen LogP contribution in [-0.4, -0.2) is 24.0 Å². The number of aryl methyl sites for hydroxylation is 2. The van der Waals surface area contributed by atoms with Crippen molar-refractivity contribution in [3.05, 3.63) is 61.9 Å². The summed E-state index contributed by atoms with van der Waals surface area (Å²) in [5, 5.41) is 5.99. The molecule has 1 aromatic carbocycles. The van der Waals surface area contributed by atoms with Crippen molar-refractivity contribution >= 4 is 71.4 Å². The Balaban J connectivity index is 1.50. The zero-order chi connectivity index (χ0) is 23.8. The van der Waals surface area contributed by atoms with Gasteiger partial charge in [-0.1, -0.05) is 34.5 Å². The Morgan fingerprint density at radius 2 is 1.91 bits per heavy atom. The number of aromatic nitrogens is 1. The maximum atomic E-state index is 13.3. The number of amides is 1. The molecule has 0 spiro atoms. The Hall–Kier alpha value is -2.75. The number of pyridine rings is 1. The second-order valence-corrected chi connectivity index (χ2v) is 11.0. The topological polar surface area (TPSA) is 94.3 Å². The molecular formula is C25H22BrN3O3S2. The fraction of sp³-hybridized carbons (Fsp3) is 0.240. The van der Waals surface area contributed by atoms with Crippen molar-refractivity contribution in [3.8, 4) is 11.1 Å². The molecule has 1 aliphatic rings. The van der Waals surface area contributed by atoms with Crippen LogP contribution < -0.4 is 11.1 Å². The second kappa shape index (κ2) is 9.48. The molecule has 3 N–H and O–H groups in total. The van der Waals surface area contributed by atoms with Crippen LogP contribution in [0, 0.1) is 0 Å². The molecule has 0 bridgehead atoms. The smallest absolute Gasteiger partial charge is 0.341 e.